The first kappa shape index (κ1) is 10.4. The number of aromatic nitrogens is 1. The molecule has 1 heterocycles. The summed E-state index contributed by atoms with van der Waals surface area (Å²) in [6.45, 7) is 0. The van der Waals surface area contributed by atoms with Gasteiger partial charge in [0.15, 0.2) is 0 Å². The van der Waals surface area contributed by atoms with Crippen LogP contribution in [0.3, 0.4) is 0 Å². The van der Waals surface area contributed by atoms with Crippen molar-refractivity contribution in [1.82, 2.24) is 4.98 Å². The van der Waals surface area contributed by atoms with Crippen molar-refractivity contribution in [3.63, 3.8) is 0 Å². The Balaban J connectivity index is 2.64. The molecule has 0 aliphatic heterocycles. The minimum Gasteiger partial charge on any atom is -0.508 e. The third-order valence-corrected chi connectivity index (χ3v) is 2.31. The zero-order valence-corrected chi connectivity index (χ0v) is 8.90. The van der Waals surface area contributed by atoms with E-state index in [4.69, 9.17) is 4.74 Å². The third-order valence-electron chi connectivity index (χ3n) is 2.31. The number of aromatic hydroxyl groups is 1. The van der Waals surface area contributed by atoms with Crippen LogP contribution in [0.15, 0.2) is 18.2 Å². The number of rotatable bonds is 2. The minimum atomic E-state index is -0.460. The van der Waals surface area contributed by atoms with Crippen LogP contribution in [0.5, 0.6) is 11.5 Å². The number of methoxy groups -OCH3 is 2. The number of nitrogens with one attached hydrogen (secondary N) is 1. The molecule has 0 amide bonds. The van der Waals surface area contributed by atoms with E-state index in [1.54, 1.807) is 6.07 Å². The second-order valence-corrected chi connectivity index (χ2v) is 3.28. The van der Waals surface area contributed by atoms with Gasteiger partial charge in [0, 0.05) is 17.5 Å². The van der Waals surface area contributed by atoms with Crippen molar-refractivity contribution in [1.29, 1.82) is 0 Å². The van der Waals surface area contributed by atoms with E-state index in [1.165, 1.54) is 26.4 Å². The number of phenols is 1. The molecular formula is C11H11NO4. The lowest BCUT2D eigenvalue weighted by molar-refractivity contribution is 0.0595. The number of benzene rings is 1. The SMILES string of the molecule is COC(=O)c1cc2c(OC)cc(O)cc2[nH]1. The topological polar surface area (TPSA) is 71.6 Å². The summed E-state index contributed by atoms with van der Waals surface area (Å²) in [7, 11) is 2.81. The van der Waals surface area contributed by atoms with Gasteiger partial charge in [0.2, 0.25) is 0 Å². The summed E-state index contributed by atoms with van der Waals surface area (Å²) < 4.78 is 9.70. The van der Waals surface area contributed by atoms with Gasteiger partial charge in [-0.2, -0.15) is 0 Å². The maximum atomic E-state index is 11.3. The molecule has 0 atom stereocenters. The molecule has 84 valence electrons. The van der Waals surface area contributed by atoms with Gasteiger partial charge in [-0.3, -0.25) is 0 Å². The van der Waals surface area contributed by atoms with Gasteiger partial charge < -0.3 is 19.6 Å². The van der Waals surface area contributed by atoms with Gasteiger partial charge >= 0.3 is 5.97 Å². The van der Waals surface area contributed by atoms with Crippen molar-refractivity contribution < 1.29 is 19.4 Å². The summed E-state index contributed by atoms with van der Waals surface area (Å²) in [5, 5.41) is 10.2. The normalized spacial score (nSPS) is 10.4. The second kappa shape index (κ2) is 3.77. The highest BCUT2D eigenvalue weighted by molar-refractivity contribution is 5.97. The van der Waals surface area contributed by atoms with Crippen molar-refractivity contribution >= 4 is 16.9 Å². The number of carbonyl (C=O) groups is 1. The maximum Gasteiger partial charge on any atom is 0.354 e. The Hall–Kier alpha value is -2.17. The molecule has 2 aromatic rings. The average molecular weight is 221 g/mol. The Kier molecular flexibility index (Phi) is 2.44. The third kappa shape index (κ3) is 1.56. The summed E-state index contributed by atoms with van der Waals surface area (Å²) in [4.78, 5) is 14.2. The zero-order chi connectivity index (χ0) is 11.7. The van der Waals surface area contributed by atoms with Crippen molar-refractivity contribution in [2.75, 3.05) is 14.2 Å². The van der Waals surface area contributed by atoms with Crippen molar-refractivity contribution in [3.8, 4) is 11.5 Å². The van der Waals surface area contributed by atoms with E-state index >= 15 is 0 Å². The monoisotopic (exact) mass is 221 g/mol. The zero-order valence-electron chi connectivity index (χ0n) is 8.90. The van der Waals surface area contributed by atoms with E-state index in [0.29, 0.717) is 17.0 Å². The van der Waals surface area contributed by atoms with Crippen LogP contribution in [-0.4, -0.2) is 30.3 Å². The Morgan fingerprint density at radius 2 is 2.06 bits per heavy atom. The molecular weight excluding hydrogens is 210 g/mol. The summed E-state index contributed by atoms with van der Waals surface area (Å²) in [5.41, 5.74) is 0.943. The fraction of sp³-hybridized carbons (Fsp3) is 0.182. The number of phenolic OH excluding ortho intramolecular Hbond substituents is 1. The second-order valence-electron chi connectivity index (χ2n) is 3.28. The highest BCUT2D eigenvalue weighted by Crippen LogP contribution is 2.31. The minimum absolute atomic E-state index is 0.0719. The van der Waals surface area contributed by atoms with Crippen LogP contribution in [0.1, 0.15) is 10.5 Å². The quantitative estimate of drug-likeness (QED) is 0.756. The number of hydrogen-bond acceptors (Lipinski definition) is 4. The molecule has 0 saturated carbocycles. The molecule has 0 radical (unpaired) electrons. The van der Waals surface area contributed by atoms with Crippen LogP contribution in [0.4, 0.5) is 0 Å². The van der Waals surface area contributed by atoms with Crippen LogP contribution >= 0.6 is 0 Å². The van der Waals surface area contributed by atoms with Crippen molar-refractivity contribution in [2.24, 2.45) is 0 Å². The van der Waals surface area contributed by atoms with Gasteiger partial charge in [-0.1, -0.05) is 0 Å². The largest absolute Gasteiger partial charge is 0.508 e. The fourth-order valence-electron chi connectivity index (χ4n) is 1.58. The first-order chi connectivity index (χ1) is 7.65. The Labute approximate surface area is 91.6 Å². The lowest BCUT2D eigenvalue weighted by atomic mass is 10.2. The summed E-state index contributed by atoms with van der Waals surface area (Å²) in [5.74, 6) is 0.113. The molecule has 0 saturated heterocycles. The molecule has 5 heteroatoms. The number of esters is 1. The van der Waals surface area contributed by atoms with Gasteiger partial charge in [0.1, 0.15) is 17.2 Å². The predicted molar refractivity (Wildman–Crippen MR) is 57.9 cm³/mol. The molecule has 0 aliphatic carbocycles. The van der Waals surface area contributed by atoms with E-state index in [1.807, 2.05) is 0 Å². The first-order valence-corrected chi connectivity index (χ1v) is 4.63. The summed E-state index contributed by atoms with van der Waals surface area (Å²) in [6, 6.07) is 4.63. The molecule has 0 fully saturated rings. The van der Waals surface area contributed by atoms with E-state index in [2.05, 4.69) is 9.72 Å². The van der Waals surface area contributed by atoms with Crippen LogP contribution < -0.4 is 4.74 Å². The molecule has 1 aromatic heterocycles. The summed E-state index contributed by atoms with van der Waals surface area (Å²) >= 11 is 0. The van der Waals surface area contributed by atoms with Crippen LogP contribution in [-0.2, 0) is 4.74 Å². The molecule has 0 bridgehead atoms. The molecule has 0 unspecified atom stereocenters. The molecule has 2 rings (SSSR count). The number of ether oxygens (including phenoxy) is 2. The fourth-order valence-corrected chi connectivity index (χ4v) is 1.58. The molecule has 0 aliphatic rings. The molecule has 16 heavy (non-hydrogen) atoms. The van der Waals surface area contributed by atoms with Crippen molar-refractivity contribution in [2.45, 2.75) is 0 Å². The highest BCUT2D eigenvalue weighted by atomic mass is 16.5. The molecule has 2 N–H and O–H groups in total. The van der Waals surface area contributed by atoms with Gasteiger partial charge in [0.25, 0.3) is 0 Å². The highest BCUT2D eigenvalue weighted by Gasteiger charge is 2.13. The van der Waals surface area contributed by atoms with Gasteiger partial charge in [-0.05, 0) is 6.07 Å². The summed E-state index contributed by atoms with van der Waals surface area (Å²) in [6.07, 6.45) is 0. The number of fused-ring (bicyclic) bond motifs is 1. The lowest BCUT2D eigenvalue weighted by Crippen LogP contribution is -2.00. The van der Waals surface area contributed by atoms with Gasteiger partial charge in [0.05, 0.1) is 19.7 Å². The van der Waals surface area contributed by atoms with Gasteiger partial charge in [-0.15, -0.1) is 0 Å². The van der Waals surface area contributed by atoms with E-state index in [9.17, 15) is 9.90 Å². The first-order valence-electron chi connectivity index (χ1n) is 4.63. The van der Waals surface area contributed by atoms with Crippen LogP contribution in [0.2, 0.25) is 0 Å². The maximum absolute atomic E-state index is 11.3. The number of hydrogen-bond donors (Lipinski definition) is 2. The Morgan fingerprint density at radius 3 is 2.69 bits per heavy atom. The smallest absolute Gasteiger partial charge is 0.354 e. The van der Waals surface area contributed by atoms with E-state index < -0.39 is 5.97 Å². The molecule has 0 spiro atoms. The molecule has 5 nitrogen and oxygen atoms in total. The van der Waals surface area contributed by atoms with E-state index in [-0.39, 0.29) is 5.75 Å². The average Bonchev–Trinajstić information content (AvgIpc) is 2.70. The number of aromatic amines is 1. The standard InChI is InChI=1S/C11H11NO4/c1-15-10-4-6(13)3-8-7(10)5-9(12-8)11(14)16-2/h3-5,12-13H,1-2H3. The lowest BCUT2D eigenvalue weighted by Gasteiger charge is -2.01. The molecule has 1 aromatic carbocycles. The van der Waals surface area contributed by atoms with Crippen LogP contribution in [0, 0.1) is 0 Å². The Morgan fingerprint density at radius 1 is 1.31 bits per heavy atom. The van der Waals surface area contributed by atoms with E-state index in [0.717, 1.165) is 5.39 Å². The Bertz CT molecular complexity index is 544. The van der Waals surface area contributed by atoms with Gasteiger partial charge in [-0.25, -0.2) is 4.79 Å². The number of carbonyl (C=O) groups excluding carboxylic acids is 1. The predicted octanol–water partition coefficient (Wildman–Crippen LogP) is 1.67. The van der Waals surface area contributed by atoms with Crippen molar-refractivity contribution in [3.05, 3.63) is 23.9 Å². The van der Waals surface area contributed by atoms with Crippen LogP contribution in [0.25, 0.3) is 10.9 Å². The number of H-pyrrole nitrogens is 1.